The Balaban J connectivity index is 1.93. The summed E-state index contributed by atoms with van der Waals surface area (Å²) in [4.78, 5) is 37.3. The van der Waals surface area contributed by atoms with Crippen LogP contribution in [0, 0.1) is 0 Å². The highest BCUT2D eigenvalue weighted by Gasteiger charge is 2.23. The molecule has 0 saturated carbocycles. The fourth-order valence-corrected chi connectivity index (χ4v) is 3.05. The number of hydrogen-bond acceptors (Lipinski definition) is 8. The molecular formula is C17H23N5O4. The van der Waals surface area contributed by atoms with Gasteiger partial charge in [-0.05, 0) is 13.8 Å². The van der Waals surface area contributed by atoms with Crippen LogP contribution in [0.15, 0.2) is 17.2 Å². The maximum atomic E-state index is 12.6. The number of ether oxygens (including phenoxy) is 1. The Morgan fingerprint density at radius 1 is 1.35 bits per heavy atom. The first-order valence-corrected chi connectivity index (χ1v) is 8.63. The van der Waals surface area contributed by atoms with Gasteiger partial charge in [0.15, 0.2) is 0 Å². The molecule has 9 heteroatoms. The molecule has 0 spiro atoms. The zero-order valence-corrected chi connectivity index (χ0v) is 15.2. The fourth-order valence-electron chi connectivity index (χ4n) is 3.05. The second kappa shape index (κ2) is 7.38. The van der Waals surface area contributed by atoms with E-state index in [0.717, 1.165) is 0 Å². The van der Waals surface area contributed by atoms with E-state index in [2.05, 4.69) is 9.97 Å². The largest absolute Gasteiger partial charge is 0.462 e. The smallest absolute Gasteiger partial charge is 0.343 e. The van der Waals surface area contributed by atoms with E-state index >= 15 is 0 Å². The highest BCUT2D eigenvalue weighted by Crippen LogP contribution is 2.16. The van der Waals surface area contributed by atoms with Gasteiger partial charge < -0.3 is 19.3 Å². The first kappa shape index (κ1) is 18.3. The Labute approximate surface area is 150 Å². The van der Waals surface area contributed by atoms with E-state index in [0.29, 0.717) is 37.8 Å². The first-order chi connectivity index (χ1) is 12.4. The normalized spacial score (nSPS) is 16.7. The molecule has 0 amide bonds. The fraction of sp³-hybridized carbons (Fsp3) is 0.529. The molecule has 0 radical (unpaired) electrons. The van der Waals surface area contributed by atoms with Crippen molar-refractivity contribution >= 4 is 23.0 Å². The number of esters is 1. The van der Waals surface area contributed by atoms with E-state index < -0.39 is 17.6 Å². The van der Waals surface area contributed by atoms with Gasteiger partial charge in [-0.15, -0.1) is 0 Å². The van der Waals surface area contributed by atoms with Crippen molar-refractivity contribution in [3.63, 3.8) is 0 Å². The van der Waals surface area contributed by atoms with Crippen molar-refractivity contribution in [1.29, 1.82) is 0 Å². The van der Waals surface area contributed by atoms with Crippen LogP contribution in [-0.2, 0) is 11.8 Å². The van der Waals surface area contributed by atoms with E-state index in [-0.39, 0.29) is 17.6 Å². The lowest BCUT2D eigenvalue weighted by atomic mass is 10.2. The highest BCUT2D eigenvalue weighted by atomic mass is 16.5. The van der Waals surface area contributed by atoms with Gasteiger partial charge in [-0.3, -0.25) is 9.69 Å². The Kier molecular flexibility index (Phi) is 5.19. The van der Waals surface area contributed by atoms with E-state index in [4.69, 9.17) is 4.74 Å². The van der Waals surface area contributed by atoms with Gasteiger partial charge in [0.2, 0.25) is 11.4 Å². The van der Waals surface area contributed by atoms with E-state index in [1.165, 1.54) is 12.4 Å². The van der Waals surface area contributed by atoms with Crippen molar-refractivity contribution in [1.82, 2.24) is 19.4 Å². The third-order valence-corrected chi connectivity index (χ3v) is 4.52. The third-order valence-electron chi connectivity index (χ3n) is 4.52. The monoisotopic (exact) mass is 361 g/mol. The van der Waals surface area contributed by atoms with Gasteiger partial charge in [-0.25, -0.2) is 9.78 Å². The van der Waals surface area contributed by atoms with Gasteiger partial charge in [-0.2, -0.15) is 4.98 Å². The molecule has 0 aliphatic carbocycles. The number of carbonyl (C=O) groups excluding carboxylic acids is 1. The number of hydrogen-bond donors (Lipinski definition) is 1. The Hall–Kier alpha value is -2.52. The number of anilines is 1. The highest BCUT2D eigenvalue weighted by molar-refractivity contribution is 5.93. The minimum absolute atomic E-state index is 0.0243. The van der Waals surface area contributed by atoms with Crippen molar-refractivity contribution in [2.24, 2.45) is 7.05 Å². The van der Waals surface area contributed by atoms with Crippen LogP contribution in [0.25, 0.3) is 11.0 Å². The van der Waals surface area contributed by atoms with Crippen molar-refractivity contribution in [2.45, 2.75) is 20.1 Å². The zero-order valence-electron chi connectivity index (χ0n) is 15.2. The Morgan fingerprint density at radius 2 is 2.04 bits per heavy atom. The molecular weight excluding hydrogens is 338 g/mol. The predicted molar refractivity (Wildman–Crippen MR) is 96.2 cm³/mol. The molecule has 1 fully saturated rings. The van der Waals surface area contributed by atoms with Crippen LogP contribution in [0.3, 0.4) is 0 Å². The number of aliphatic hydroxyl groups is 1. The average Bonchev–Trinajstić information content (AvgIpc) is 2.64. The summed E-state index contributed by atoms with van der Waals surface area (Å²) in [6.45, 7) is 6.43. The van der Waals surface area contributed by atoms with Gasteiger partial charge in [0, 0.05) is 45.6 Å². The van der Waals surface area contributed by atoms with Crippen molar-refractivity contribution in [3.05, 3.63) is 28.2 Å². The quantitative estimate of drug-likeness (QED) is 0.758. The summed E-state index contributed by atoms with van der Waals surface area (Å²) in [5.74, 6) is -0.116. The number of aromatic nitrogens is 3. The standard InChI is InChI=1S/C17H23N5O4/c1-4-26-16(25)13-10-20(3)15-12(14(13)24)9-18-17(19-15)22-7-5-21(6-8-22)11(2)23/h9-11,23H,4-8H2,1-3H3. The zero-order chi connectivity index (χ0) is 18.8. The summed E-state index contributed by atoms with van der Waals surface area (Å²) in [7, 11) is 1.73. The number of pyridine rings is 1. The minimum Gasteiger partial charge on any atom is -0.462 e. The van der Waals surface area contributed by atoms with Crippen LogP contribution in [0.2, 0.25) is 0 Å². The first-order valence-electron chi connectivity index (χ1n) is 8.63. The molecule has 3 heterocycles. The summed E-state index contributed by atoms with van der Waals surface area (Å²) in [6, 6.07) is 0. The van der Waals surface area contributed by atoms with Gasteiger partial charge in [0.1, 0.15) is 17.4 Å². The van der Waals surface area contributed by atoms with Crippen LogP contribution < -0.4 is 10.3 Å². The predicted octanol–water partition coefficient (Wildman–Crippen LogP) is -0.0345. The molecule has 26 heavy (non-hydrogen) atoms. The van der Waals surface area contributed by atoms with Crippen LogP contribution in [-0.4, -0.2) is 69.5 Å². The molecule has 0 bridgehead atoms. The lowest BCUT2D eigenvalue weighted by Crippen LogP contribution is -2.50. The second-order valence-corrected chi connectivity index (χ2v) is 6.27. The minimum atomic E-state index is -0.645. The molecule has 3 rings (SSSR count). The molecule has 1 N–H and O–H groups in total. The molecule has 1 aliphatic heterocycles. The topological polar surface area (TPSA) is 101 Å². The number of nitrogens with zero attached hydrogens (tertiary/aromatic N) is 5. The summed E-state index contributed by atoms with van der Waals surface area (Å²) in [5, 5.41) is 9.93. The van der Waals surface area contributed by atoms with E-state index in [1.54, 1.807) is 25.5 Å². The summed E-state index contributed by atoms with van der Waals surface area (Å²) < 4.78 is 6.57. The lowest BCUT2D eigenvalue weighted by Gasteiger charge is -2.36. The molecule has 0 aromatic carbocycles. The Morgan fingerprint density at radius 3 is 2.65 bits per heavy atom. The number of rotatable bonds is 4. The number of carbonyl (C=O) groups is 1. The van der Waals surface area contributed by atoms with Crippen molar-refractivity contribution in [3.8, 4) is 0 Å². The number of fused-ring (bicyclic) bond motifs is 1. The molecule has 1 unspecified atom stereocenters. The average molecular weight is 361 g/mol. The maximum absolute atomic E-state index is 12.6. The van der Waals surface area contributed by atoms with Crippen LogP contribution >= 0.6 is 0 Å². The Bertz CT molecular complexity index is 871. The van der Waals surface area contributed by atoms with Crippen LogP contribution in [0.5, 0.6) is 0 Å². The van der Waals surface area contributed by atoms with Crippen LogP contribution in [0.4, 0.5) is 5.95 Å². The maximum Gasteiger partial charge on any atom is 0.343 e. The number of aryl methyl sites for hydroxylation is 1. The molecule has 2 aromatic rings. The van der Waals surface area contributed by atoms with E-state index in [9.17, 15) is 14.7 Å². The van der Waals surface area contributed by atoms with E-state index in [1.807, 2.05) is 9.80 Å². The van der Waals surface area contributed by atoms with Crippen LogP contribution in [0.1, 0.15) is 24.2 Å². The summed E-state index contributed by atoms with van der Waals surface area (Å²) in [5.41, 5.74) is 0.0109. The van der Waals surface area contributed by atoms with Crippen molar-refractivity contribution < 1.29 is 14.6 Å². The van der Waals surface area contributed by atoms with Gasteiger partial charge in [-0.1, -0.05) is 0 Å². The lowest BCUT2D eigenvalue weighted by molar-refractivity contribution is 0.0151. The SMILES string of the molecule is CCOC(=O)c1cn(C)c2nc(N3CCN(C(C)O)CC3)ncc2c1=O. The third kappa shape index (κ3) is 3.40. The second-order valence-electron chi connectivity index (χ2n) is 6.27. The molecule has 2 aromatic heterocycles. The summed E-state index contributed by atoms with van der Waals surface area (Å²) in [6.07, 6.45) is 2.44. The number of aliphatic hydroxyl groups excluding tert-OH is 1. The number of piperazine rings is 1. The molecule has 1 aliphatic rings. The molecule has 140 valence electrons. The summed E-state index contributed by atoms with van der Waals surface area (Å²) >= 11 is 0. The van der Waals surface area contributed by atoms with Gasteiger partial charge in [0.25, 0.3) is 0 Å². The molecule has 1 atom stereocenters. The van der Waals surface area contributed by atoms with Crippen molar-refractivity contribution in [2.75, 3.05) is 37.7 Å². The van der Waals surface area contributed by atoms with Gasteiger partial charge in [0.05, 0.1) is 12.0 Å². The van der Waals surface area contributed by atoms with Gasteiger partial charge >= 0.3 is 5.97 Å². The molecule has 1 saturated heterocycles. The molecule has 9 nitrogen and oxygen atoms in total.